The fourth-order valence-electron chi connectivity index (χ4n) is 14.7. The lowest BCUT2D eigenvalue weighted by molar-refractivity contribution is -0.173. The SMILES string of the molecule is C=C1NC(C(F)F)c2cc3cnc(Nc4ccc(S(N)(=O)=O)cc4)nc3n2C12CCCCC2.COC1NC(=O)C2(CCCCC2)n2c1cc1cnc(Nc3ccc(S(N)(=O)=O)c(F)c3)nc12.NS(=O)(=O)c1ccc(Nc2ncc3cc4n(c3n2)C2(CCCCC2)C(=O)NC4C(F)(F)F)cc1. The third kappa shape index (κ3) is 12.8. The van der Waals surface area contributed by atoms with E-state index in [2.05, 4.69) is 68.4 Å². The number of fused-ring (bicyclic) bond motifs is 12. The number of carbonyl (C=O) groups is 2. The Balaban J connectivity index is 0.000000134. The Morgan fingerprint density at radius 3 is 1.34 bits per heavy atom. The predicted octanol–water partition coefficient (Wildman–Crippen LogP) is 9.52. The van der Waals surface area contributed by atoms with Gasteiger partial charge in [-0.05, 0) is 123 Å². The molecule has 3 spiro atoms. The summed E-state index contributed by atoms with van der Waals surface area (Å²) in [5.41, 5.74) is 2.07. The van der Waals surface area contributed by atoms with Crippen LogP contribution >= 0.6 is 0 Å². The summed E-state index contributed by atoms with van der Waals surface area (Å²) in [4.78, 5) is 52.2. The highest BCUT2D eigenvalue weighted by Crippen LogP contribution is 2.50. The maximum atomic E-state index is 14.2. The Labute approximate surface area is 568 Å². The average Bonchev–Trinajstić information content (AvgIpc) is 1.53. The van der Waals surface area contributed by atoms with Gasteiger partial charge in [-0.25, -0.2) is 68.8 Å². The minimum Gasteiger partial charge on any atom is -0.374 e. The van der Waals surface area contributed by atoms with Crippen LogP contribution in [0.25, 0.3) is 33.1 Å². The highest BCUT2D eigenvalue weighted by molar-refractivity contribution is 7.89. The van der Waals surface area contributed by atoms with Crippen LogP contribution in [-0.4, -0.2) is 100 Å². The molecule has 3 saturated carbocycles. The monoisotopic (exact) mass is 1440 g/mol. The Bertz CT molecular complexity index is 5080. The predicted molar refractivity (Wildman–Crippen MR) is 355 cm³/mol. The van der Waals surface area contributed by atoms with E-state index in [1.807, 2.05) is 15.2 Å². The van der Waals surface area contributed by atoms with Gasteiger partial charge in [0.05, 0.1) is 26.7 Å². The lowest BCUT2D eigenvalue weighted by Crippen LogP contribution is -2.58. The molecule has 27 nitrogen and oxygen atoms in total. The lowest BCUT2D eigenvalue weighted by atomic mass is 9.77. The number of amides is 2. The van der Waals surface area contributed by atoms with Crippen LogP contribution in [0.1, 0.15) is 132 Å². The number of nitrogens with one attached hydrogen (secondary N) is 6. The van der Waals surface area contributed by atoms with E-state index in [1.165, 1.54) is 66.4 Å². The van der Waals surface area contributed by atoms with Gasteiger partial charge in [-0.15, -0.1) is 0 Å². The van der Waals surface area contributed by atoms with Crippen molar-refractivity contribution in [3.05, 3.63) is 139 Å². The van der Waals surface area contributed by atoms with Gasteiger partial charge in [0.1, 0.15) is 44.8 Å². The van der Waals surface area contributed by atoms with Gasteiger partial charge >= 0.3 is 6.18 Å². The topological polar surface area (TPSA) is 388 Å². The number of nitrogens with two attached hydrogens (primary N) is 3. The number of nitrogens with zero attached hydrogens (tertiary/aromatic N) is 9. The molecule has 100 heavy (non-hydrogen) atoms. The number of hydrogen-bond acceptors (Lipinski definition) is 19. The molecule has 3 aliphatic carbocycles. The van der Waals surface area contributed by atoms with Crippen molar-refractivity contribution in [3.8, 4) is 0 Å². The zero-order chi connectivity index (χ0) is 71.1. The Morgan fingerprint density at radius 2 is 0.930 bits per heavy atom. The zero-order valence-corrected chi connectivity index (χ0v) is 55.8. The number of hydrogen-bond donors (Lipinski definition) is 9. The van der Waals surface area contributed by atoms with Crippen molar-refractivity contribution >= 4 is 110 Å². The molecule has 3 aromatic carbocycles. The molecule has 6 aromatic heterocycles. The van der Waals surface area contributed by atoms with Crippen LogP contribution in [0.3, 0.4) is 0 Å². The van der Waals surface area contributed by atoms with E-state index in [-0.39, 0.29) is 50.6 Å². The summed E-state index contributed by atoms with van der Waals surface area (Å²) in [6.45, 7) is 4.14. The van der Waals surface area contributed by atoms with Crippen LogP contribution in [-0.2, 0) is 61.0 Å². The Morgan fingerprint density at radius 1 is 0.540 bits per heavy atom. The number of methoxy groups -OCH3 is 1. The van der Waals surface area contributed by atoms with Crippen LogP contribution in [0.15, 0.2) is 130 Å². The van der Waals surface area contributed by atoms with Gasteiger partial charge in [0.15, 0.2) is 12.3 Å². The van der Waals surface area contributed by atoms with Crippen molar-refractivity contribution in [2.45, 2.75) is 159 Å². The quantitative estimate of drug-likeness (QED) is 0.0544. The summed E-state index contributed by atoms with van der Waals surface area (Å²) < 4.78 is 163. The molecule has 9 heterocycles. The molecular weight excluding hydrogens is 1380 g/mol. The fraction of sp³-hybridized carbons (Fsp3) is 0.375. The van der Waals surface area contributed by atoms with E-state index in [0.717, 1.165) is 93.8 Å². The molecular formula is C64H68F6N18O9S3. The lowest BCUT2D eigenvalue weighted by Gasteiger charge is -2.47. The first-order valence-electron chi connectivity index (χ1n) is 31.9. The van der Waals surface area contributed by atoms with Gasteiger partial charge in [-0.2, -0.15) is 28.1 Å². The summed E-state index contributed by atoms with van der Waals surface area (Å²) in [5.74, 6) is -1.17. The number of anilines is 6. The van der Waals surface area contributed by atoms with Gasteiger partial charge in [-0.1, -0.05) is 64.4 Å². The van der Waals surface area contributed by atoms with Crippen molar-refractivity contribution in [1.29, 1.82) is 0 Å². The number of allylic oxidation sites excluding steroid dienone is 1. The Hall–Kier alpha value is -9.33. The maximum Gasteiger partial charge on any atom is 0.414 e. The van der Waals surface area contributed by atoms with E-state index in [0.29, 0.717) is 70.5 Å². The molecule has 6 aliphatic rings. The first-order chi connectivity index (χ1) is 47.4. The standard InChI is InChI=1S/C22H24F2N6O2S.C21H21F3N6O3S.C21H23FN6O4S/c1-13-22(9-3-2-4-10-22)30-17(18(27-13)19(23)24)11-14-12-26-21(29-20(14)30)28-15-5-7-16(8-6-15)33(25,31)32;22-21(23,24)16-15-10-12-11-26-19(27-13-4-6-14(7-5-13)34(25,32)33)29-17(12)30(15)20(18(31)28-16)8-2-1-3-9-20;1-32-18-15-9-12-11-24-20(25-13-5-6-16(14(22)10-13)33(23,30)31)26-17(12)28(15)21(19(29)27-18)7-3-2-4-8-21/h5-8,11-12,18-19,27H,1-4,9-10H2,(H2,25,31,32)(H,26,28,29);4-7,10-11,16H,1-3,8-9H2,(H,28,31)(H2,25,32,33)(H,26,27,29);5-6,9-11,18H,2-4,7-8H2,1H3,(H,27,29)(H2,23,30,31)(H,24,25,26). The van der Waals surface area contributed by atoms with Crippen molar-refractivity contribution in [3.63, 3.8) is 0 Å². The molecule has 3 unspecified atom stereocenters. The first kappa shape index (κ1) is 69.2. The summed E-state index contributed by atoms with van der Waals surface area (Å²) in [6.07, 6.45) is 8.90. The van der Waals surface area contributed by atoms with Gasteiger partial charge in [0.2, 0.25) is 59.7 Å². The number of aromatic nitrogens is 9. The number of alkyl halides is 5. The molecule has 3 aliphatic heterocycles. The van der Waals surface area contributed by atoms with Crippen molar-refractivity contribution in [1.82, 2.24) is 59.6 Å². The number of sulfonamides is 3. The summed E-state index contributed by atoms with van der Waals surface area (Å²) >= 11 is 0. The first-order valence-corrected chi connectivity index (χ1v) is 36.6. The molecule has 36 heteroatoms. The number of primary sulfonamides is 3. The number of rotatable bonds is 11. The molecule has 3 fully saturated rings. The van der Waals surface area contributed by atoms with Crippen LogP contribution in [0.5, 0.6) is 0 Å². The highest BCUT2D eigenvalue weighted by Gasteiger charge is 2.55. The normalized spacial score (nSPS) is 20.1. The van der Waals surface area contributed by atoms with E-state index in [1.54, 1.807) is 30.6 Å². The maximum absolute atomic E-state index is 14.2. The smallest absolute Gasteiger partial charge is 0.374 e. The van der Waals surface area contributed by atoms with Gasteiger partial charge < -0.3 is 50.3 Å². The molecule has 0 radical (unpaired) electrons. The molecule has 2 amide bonds. The number of benzene rings is 3. The summed E-state index contributed by atoms with van der Waals surface area (Å²) in [6, 6.07) is 16.6. The summed E-state index contributed by atoms with van der Waals surface area (Å²) in [7, 11) is -10.3. The van der Waals surface area contributed by atoms with Crippen molar-refractivity contribution < 1.29 is 65.9 Å². The molecule has 9 aromatic rings. The third-order valence-corrected chi connectivity index (χ3v) is 22.2. The largest absolute Gasteiger partial charge is 0.414 e. The zero-order valence-electron chi connectivity index (χ0n) is 53.4. The van der Waals surface area contributed by atoms with Crippen LogP contribution in [0.2, 0.25) is 0 Å². The van der Waals surface area contributed by atoms with E-state index >= 15 is 0 Å². The molecule has 0 saturated heterocycles. The van der Waals surface area contributed by atoms with Gasteiger partial charge in [0, 0.05) is 70.3 Å². The van der Waals surface area contributed by atoms with E-state index in [4.69, 9.17) is 20.2 Å². The molecule has 3 atom stereocenters. The Kier molecular flexibility index (Phi) is 18.0. The second-order valence-corrected chi connectivity index (χ2v) is 30.2. The molecule has 0 bridgehead atoms. The second kappa shape index (κ2) is 26.0. The van der Waals surface area contributed by atoms with E-state index in [9.17, 15) is 61.2 Å². The minimum absolute atomic E-state index is 0.00614. The summed E-state index contributed by atoms with van der Waals surface area (Å²) in [5, 5.41) is 34.1. The number of carbonyl (C=O) groups excluding carboxylic acids is 2. The van der Waals surface area contributed by atoms with E-state index < -0.39 is 94.2 Å². The third-order valence-electron chi connectivity index (χ3n) is 19.4. The number of halogens is 6. The molecule has 528 valence electrons. The molecule has 12 N–H and O–H groups in total. The minimum atomic E-state index is -4.67. The second-order valence-electron chi connectivity index (χ2n) is 25.6. The van der Waals surface area contributed by atoms with Gasteiger partial charge in [-0.3, -0.25) is 9.59 Å². The highest BCUT2D eigenvalue weighted by atomic mass is 32.2. The van der Waals surface area contributed by atoms with Crippen molar-refractivity contribution in [2.75, 3.05) is 23.1 Å². The van der Waals surface area contributed by atoms with Crippen LogP contribution in [0, 0.1) is 5.82 Å². The average molecular weight is 1440 g/mol. The van der Waals surface area contributed by atoms with Gasteiger partial charge in [0.25, 0.3) is 6.43 Å². The van der Waals surface area contributed by atoms with Crippen LogP contribution < -0.4 is 47.3 Å². The van der Waals surface area contributed by atoms with Crippen LogP contribution in [0.4, 0.5) is 61.2 Å². The fourth-order valence-corrected chi connectivity index (χ4v) is 16.3. The molecule has 15 rings (SSSR count). The number of ether oxygens (including phenoxy) is 1. The van der Waals surface area contributed by atoms with Crippen molar-refractivity contribution in [2.24, 2.45) is 15.4 Å².